The minimum Gasteiger partial charge on any atom is -0.289 e. The number of hydrogen-bond donors (Lipinski definition) is 0. The second-order valence-corrected chi connectivity index (χ2v) is 6.56. The first-order chi connectivity index (χ1) is 9.83. The van der Waals surface area contributed by atoms with Gasteiger partial charge in [0.15, 0.2) is 5.78 Å². The second kappa shape index (κ2) is 6.16. The molecule has 0 fully saturated rings. The van der Waals surface area contributed by atoms with Crippen molar-refractivity contribution in [1.82, 2.24) is 0 Å². The number of carbonyl (C=O) groups is 1. The maximum atomic E-state index is 12.1. The van der Waals surface area contributed by atoms with Gasteiger partial charge >= 0.3 is 0 Å². The minimum atomic E-state index is 0.0549. The molecule has 98 valence electrons. The lowest BCUT2D eigenvalue weighted by atomic mass is 10.1. The molecule has 0 aromatic heterocycles. The Kier molecular flexibility index (Phi) is 4.09. The van der Waals surface area contributed by atoms with Gasteiger partial charge in [-0.2, -0.15) is 0 Å². The Labute approximate surface area is 126 Å². The predicted octanol–water partition coefficient (Wildman–Crippen LogP) is 5.19. The molecule has 0 saturated carbocycles. The average molecular weight is 296 g/mol. The summed E-state index contributed by atoms with van der Waals surface area (Å²) in [6.07, 6.45) is 3.79. The average Bonchev–Trinajstić information content (AvgIpc) is 2.97. The molecule has 0 bridgehead atoms. The number of allylic oxidation sites excluding steroid dienone is 2. The quantitative estimate of drug-likeness (QED) is 0.441. The SMILES string of the molecule is O=C(/C=C1\C=C(c2ccccc2)SS1)c1ccccc1. The first-order valence-electron chi connectivity index (χ1n) is 6.26. The Balaban J connectivity index is 1.81. The Morgan fingerprint density at radius 2 is 1.50 bits per heavy atom. The van der Waals surface area contributed by atoms with Crippen LogP contribution in [-0.4, -0.2) is 5.78 Å². The van der Waals surface area contributed by atoms with Gasteiger partial charge in [-0.05, 0) is 11.6 Å². The van der Waals surface area contributed by atoms with Crippen molar-refractivity contribution in [2.75, 3.05) is 0 Å². The second-order valence-electron chi connectivity index (χ2n) is 4.32. The highest BCUT2D eigenvalue weighted by molar-refractivity contribution is 8.82. The molecule has 0 amide bonds. The van der Waals surface area contributed by atoms with E-state index in [9.17, 15) is 4.79 Å². The molecule has 1 aliphatic rings. The smallest absolute Gasteiger partial charge is 0.186 e. The van der Waals surface area contributed by atoms with Crippen LogP contribution in [0.25, 0.3) is 4.91 Å². The van der Waals surface area contributed by atoms with Crippen LogP contribution in [0.5, 0.6) is 0 Å². The molecule has 20 heavy (non-hydrogen) atoms. The normalized spacial score (nSPS) is 16.2. The Hall–Kier alpha value is -1.71. The van der Waals surface area contributed by atoms with E-state index in [1.807, 2.05) is 48.5 Å². The Morgan fingerprint density at radius 3 is 2.20 bits per heavy atom. The standard InChI is InChI=1S/C17H12OS2/c18-16(13-7-3-1-4-8-13)11-15-12-17(20-19-15)14-9-5-2-6-10-14/h1-12H/b15-11+. The first-order valence-corrected chi connectivity index (χ1v) is 8.40. The van der Waals surface area contributed by atoms with E-state index in [1.165, 1.54) is 10.5 Å². The molecule has 1 nitrogen and oxygen atoms in total. The number of hydrogen-bond acceptors (Lipinski definition) is 3. The summed E-state index contributed by atoms with van der Waals surface area (Å²) >= 11 is 0. The summed E-state index contributed by atoms with van der Waals surface area (Å²) in [5.74, 6) is 0.0549. The molecule has 0 atom stereocenters. The van der Waals surface area contributed by atoms with Crippen LogP contribution in [0.4, 0.5) is 0 Å². The van der Waals surface area contributed by atoms with Gasteiger partial charge in [0, 0.05) is 21.4 Å². The largest absolute Gasteiger partial charge is 0.289 e. The van der Waals surface area contributed by atoms with Crippen molar-refractivity contribution >= 4 is 32.3 Å². The third kappa shape index (κ3) is 3.06. The lowest BCUT2D eigenvalue weighted by Gasteiger charge is -1.97. The molecule has 0 aliphatic carbocycles. The maximum Gasteiger partial charge on any atom is 0.186 e. The van der Waals surface area contributed by atoms with E-state index in [0.717, 1.165) is 10.5 Å². The van der Waals surface area contributed by atoms with E-state index in [-0.39, 0.29) is 5.78 Å². The van der Waals surface area contributed by atoms with Gasteiger partial charge in [-0.3, -0.25) is 4.79 Å². The summed E-state index contributed by atoms with van der Waals surface area (Å²) in [5.41, 5.74) is 1.92. The lowest BCUT2D eigenvalue weighted by molar-refractivity contribution is 0.104. The van der Waals surface area contributed by atoms with Crippen molar-refractivity contribution in [2.45, 2.75) is 0 Å². The van der Waals surface area contributed by atoms with Gasteiger partial charge in [-0.1, -0.05) is 82.3 Å². The van der Waals surface area contributed by atoms with E-state index >= 15 is 0 Å². The number of carbonyl (C=O) groups excluding carboxylic acids is 1. The zero-order valence-electron chi connectivity index (χ0n) is 10.7. The predicted molar refractivity (Wildman–Crippen MR) is 88.5 cm³/mol. The van der Waals surface area contributed by atoms with Crippen LogP contribution in [0, 0.1) is 0 Å². The van der Waals surface area contributed by atoms with Crippen molar-refractivity contribution in [2.24, 2.45) is 0 Å². The van der Waals surface area contributed by atoms with E-state index in [2.05, 4.69) is 18.2 Å². The molecular weight excluding hydrogens is 284 g/mol. The molecule has 3 rings (SSSR count). The van der Waals surface area contributed by atoms with E-state index in [4.69, 9.17) is 0 Å². The maximum absolute atomic E-state index is 12.1. The van der Waals surface area contributed by atoms with Crippen molar-refractivity contribution in [3.63, 3.8) is 0 Å². The fourth-order valence-corrected chi connectivity index (χ4v) is 4.15. The van der Waals surface area contributed by atoms with Crippen LogP contribution < -0.4 is 0 Å². The molecule has 0 N–H and O–H groups in total. The van der Waals surface area contributed by atoms with Crippen molar-refractivity contribution in [3.05, 3.63) is 88.8 Å². The summed E-state index contributed by atoms with van der Waals surface area (Å²) in [7, 11) is 3.33. The van der Waals surface area contributed by atoms with Crippen LogP contribution >= 0.6 is 21.6 Å². The highest BCUT2D eigenvalue weighted by Gasteiger charge is 2.14. The molecule has 0 unspecified atom stereocenters. The van der Waals surface area contributed by atoms with Crippen molar-refractivity contribution in [3.8, 4) is 0 Å². The summed E-state index contributed by atoms with van der Waals surface area (Å²) < 4.78 is 0. The third-order valence-electron chi connectivity index (χ3n) is 2.89. The van der Waals surface area contributed by atoms with Crippen molar-refractivity contribution in [1.29, 1.82) is 0 Å². The van der Waals surface area contributed by atoms with Gasteiger partial charge in [-0.25, -0.2) is 0 Å². The van der Waals surface area contributed by atoms with Gasteiger partial charge in [0.25, 0.3) is 0 Å². The molecular formula is C17H12OS2. The molecule has 3 heteroatoms. The van der Waals surface area contributed by atoms with Crippen molar-refractivity contribution < 1.29 is 4.79 Å². The van der Waals surface area contributed by atoms with E-state index < -0.39 is 0 Å². The van der Waals surface area contributed by atoms with Gasteiger partial charge in [0.2, 0.25) is 0 Å². The van der Waals surface area contributed by atoms with Gasteiger partial charge in [0.1, 0.15) is 0 Å². The fourth-order valence-electron chi connectivity index (χ4n) is 1.88. The number of rotatable bonds is 3. The van der Waals surface area contributed by atoms with Gasteiger partial charge in [-0.15, -0.1) is 0 Å². The zero-order valence-corrected chi connectivity index (χ0v) is 12.3. The lowest BCUT2D eigenvalue weighted by Crippen LogP contribution is -1.93. The Bertz CT molecular complexity index is 673. The number of ketones is 1. The summed E-state index contributed by atoms with van der Waals surface area (Å²) in [5, 5.41) is 0. The van der Waals surface area contributed by atoms with Crippen LogP contribution in [-0.2, 0) is 0 Å². The molecule has 0 spiro atoms. The monoisotopic (exact) mass is 296 g/mol. The molecule has 1 heterocycles. The van der Waals surface area contributed by atoms with Gasteiger partial charge < -0.3 is 0 Å². The van der Waals surface area contributed by atoms with Gasteiger partial charge in [0.05, 0.1) is 0 Å². The summed E-state index contributed by atoms with van der Waals surface area (Å²) in [6, 6.07) is 19.6. The van der Waals surface area contributed by atoms with Crippen LogP contribution in [0.3, 0.4) is 0 Å². The zero-order chi connectivity index (χ0) is 13.8. The third-order valence-corrected chi connectivity index (χ3v) is 5.30. The first kappa shape index (κ1) is 13.3. The van der Waals surface area contributed by atoms with Crippen LogP contribution in [0.2, 0.25) is 0 Å². The number of benzene rings is 2. The van der Waals surface area contributed by atoms with Crippen LogP contribution in [0.1, 0.15) is 15.9 Å². The molecule has 0 saturated heterocycles. The van der Waals surface area contributed by atoms with E-state index in [1.54, 1.807) is 27.7 Å². The molecule has 2 aromatic rings. The minimum absolute atomic E-state index is 0.0549. The molecule has 2 aromatic carbocycles. The molecule has 0 radical (unpaired) electrons. The topological polar surface area (TPSA) is 17.1 Å². The Morgan fingerprint density at radius 1 is 0.850 bits per heavy atom. The van der Waals surface area contributed by atoms with E-state index in [0.29, 0.717) is 0 Å². The highest BCUT2D eigenvalue weighted by Crippen LogP contribution is 2.49. The van der Waals surface area contributed by atoms with Crippen LogP contribution in [0.15, 0.2) is 77.7 Å². The highest BCUT2D eigenvalue weighted by atomic mass is 33.1. The summed E-state index contributed by atoms with van der Waals surface area (Å²) in [4.78, 5) is 14.3. The summed E-state index contributed by atoms with van der Waals surface area (Å²) in [6.45, 7) is 0. The fraction of sp³-hybridized carbons (Fsp3) is 0. The molecule has 1 aliphatic heterocycles.